The van der Waals surface area contributed by atoms with E-state index in [9.17, 15) is 4.79 Å². The second kappa shape index (κ2) is 6.98. The summed E-state index contributed by atoms with van der Waals surface area (Å²) in [5, 5.41) is 4.45. The first-order valence-electron chi connectivity index (χ1n) is 8.40. The van der Waals surface area contributed by atoms with Gasteiger partial charge in [-0.15, -0.1) is 0 Å². The molecule has 1 aliphatic rings. The largest absolute Gasteiger partial charge is 0.341 e. The molecule has 0 bridgehead atoms. The van der Waals surface area contributed by atoms with Gasteiger partial charge in [0.05, 0.1) is 18.1 Å². The van der Waals surface area contributed by atoms with Crippen molar-refractivity contribution in [2.75, 3.05) is 13.1 Å². The van der Waals surface area contributed by atoms with E-state index in [1.54, 1.807) is 6.20 Å². The molecular formula is C17H25N5O. The lowest BCUT2D eigenvalue weighted by Crippen LogP contribution is -2.40. The molecule has 6 nitrogen and oxygen atoms in total. The fraction of sp³-hybridized carbons (Fsp3) is 0.588. The smallest absolute Gasteiger partial charge is 0.222 e. The molecule has 0 aliphatic carbocycles. The van der Waals surface area contributed by atoms with Crippen molar-refractivity contribution in [2.24, 2.45) is 0 Å². The van der Waals surface area contributed by atoms with Gasteiger partial charge in [0.2, 0.25) is 5.91 Å². The highest BCUT2D eigenvalue weighted by Crippen LogP contribution is 2.21. The molecule has 3 heterocycles. The number of aromatic nitrogens is 4. The van der Waals surface area contributed by atoms with Crippen molar-refractivity contribution in [3.8, 4) is 0 Å². The van der Waals surface area contributed by atoms with Gasteiger partial charge in [0.25, 0.3) is 0 Å². The molecule has 6 heteroatoms. The molecule has 0 N–H and O–H groups in total. The molecule has 0 radical (unpaired) electrons. The predicted molar refractivity (Wildman–Crippen MR) is 88.0 cm³/mol. The van der Waals surface area contributed by atoms with E-state index in [0.29, 0.717) is 12.5 Å². The summed E-state index contributed by atoms with van der Waals surface area (Å²) in [6, 6.07) is 2.44. The standard InChI is InChI=1S/C17H25N5O/c1-14-11-15(2)22(19-14)9-4-6-17(23)20-8-3-5-16(12-20)21-10-7-18-13-21/h7,10-11,13,16H,3-6,8-9,12H2,1-2H3. The lowest BCUT2D eigenvalue weighted by atomic mass is 10.0. The number of hydrogen-bond acceptors (Lipinski definition) is 3. The number of piperidine rings is 1. The second-order valence-electron chi connectivity index (χ2n) is 6.40. The number of likely N-dealkylation sites (tertiary alicyclic amines) is 1. The minimum absolute atomic E-state index is 0.261. The number of hydrogen-bond donors (Lipinski definition) is 0. The molecule has 2 aromatic rings. The summed E-state index contributed by atoms with van der Waals surface area (Å²) in [7, 11) is 0. The molecule has 1 amide bonds. The Balaban J connectivity index is 1.49. The summed E-state index contributed by atoms with van der Waals surface area (Å²) in [6.07, 6.45) is 9.25. The van der Waals surface area contributed by atoms with Gasteiger partial charge in [-0.05, 0) is 39.2 Å². The van der Waals surface area contributed by atoms with Crippen LogP contribution in [0.1, 0.15) is 43.1 Å². The molecule has 1 atom stereocenters. The molecule has 0 spiro atoms. The van der Waals surface area contributed by atoms with Crippen molar-refractivity contribution in [1.82, 2.24) is 24.2 Å². The summed E-state index contributed by atoms with van der Waals surface area (Å²) >= 11 is 0. The van der Waals surface area contributed by atoms with E-state index >= 15 is 0 Å². The highest BCUT2D eigenvalue weighted by molar-refractivity contribution is 5.76. The molecule has 1 aliphatic heterocycles. The number of carbonyl (C=O) groups is 1. The summed E-state index contributed by atoms with van der Waals surface area (Å²) in [6.45, 7) is 6.55. The molecule has 1 saturated heterocycles. The van der Waals surface area contributed by atoms with Gasteiger partial charge < -0.3 is 9.47 Å². The third kappa shape index (κ3) is 3.81. The molecule has 0 aromatic carbocycles. The van der Waals surface area contributed by atoms with Gasteiger partial charge in [0.15, 0.2) is 0 Å². The van der Waals surface area contributed by atoms with Crippen molar-refractivity contribution < 1.29 is 4.79 Å². The first-order chi connectivity index (χ1) is 11.1. The summed E-state index contributed by atoms with van der Waals surface area (Å²) in [5.74, 6) is 0.261. The van der Waals surface area contributed by atoms with Gasteiger partial charge in [-0.2, -0.15) is 5.10 Å². The molecule has 124 valence electrons. The third-order valence-corrected chi connectivity index (χ3v) is 4.56. The second-order valence-corrected chi connectivity index (χ2v) is 6.40. The molecule has 2 aromatic heterocycles. The van der Waals surface area contributed by atoms with Gasteiger partial charge in [-0.3, -0.25) is 9.48 Å². The molecule has 23 heavy (non-hydrogen) atoms. The Kier molecular flexibility index (Phi) is 4.79. The predicted octanol–water partition coefficient (Wildman–Crippen LogP) is 2.34. The highest BCUT2D eigenvalue weighted by Gasteiger charge is 2.24. The Morgan fingerprint density at radius 1 is 1.39 bits per heavy atom. The Labute approximate surface area is 137 Å². The lowest BCUT2D eigenvalue weighted by molar-refractivity contribution is -0.133. The van der Waals surface area contributed by atoms with Crippen LogP contribution in [0.4, 0.5) is 0 Å². The van der Waals surface area contributed by atoms with Crippen LogP contribution in [0.15, 0.2) is 24.8 Å². The number of rotatable bonds is 5. The van der Waals surface area contributed by atoms with Crippen LogP contribution in [0.25, 0.3) is 0 Å². The average Bonchev–Trinajstić information content (AvgIpc) is 3.17. The number of aryl methyl sites for hydroxylation is 3. The zero-order valence-corrected chi connectivity index (χ0v) is 14.0. The van der Waals surface area contributed by atoms with Crippen LogP contribution < -0.4 is 0 Å². The normalized spacial score (nSPS) is 18.3. The van der Waals surface area contributed by atoms with Gasteiger partial charge in [-0.25, -0.2) is 4.98 Å². The van der Waals surface area contributed by atoms with Crippen LogP contribution in [0, 0.1) is 13.8 Å². The fourth-order valence-electron chi connectivity index (χ4n) is 3.35. The van der Waals surface area contributed by atoms with E-state index in [1.165, 1.54) is 0 Å². The van der Waals surface area contributed by atoms with Crippen molar-refractivity contribution in [3.05, 3.63) is 36.2 Å². The van der Waals surface area contributed by atoms with Crippen LogP contribution in [-0.4, -0.2) is 43.2 Å². The highest BCUT2D eigenvalue weighted by atomic mass is 16.2. The fourth-order valence-corrected chi connectivity index (χ4v) is 3.35. The van der Waals surface area contributed by atoms with Crippen molar-refractivity contribution in [1.29, 1.82) is 0 Å². The Morgan fingerprint density at radius 2 is 2.26 bits per heavy atom. The monoisotopic (exact) mass is 315 g/mol. The number of imidazole rings is 1. The molecule has 1 fully saturated rings. The number of nitrogens with zero attached hydrogens (tertiary/aromatic N) is 5. The van der Waals surface area contributed by atoms with E-state index in [0.717, 1.165) is 50.3 Å². The average molecular weight is 315 g/mol. The van der Waals surface area contributed by atoms with E-state index in [-0.39, 0.29) is 5.91 Å². The maximum Gasteiger partial charge on any atom is 0.222 e. The Morgan fingerprint density at radius 3 is 2.96 bits per heavy atom. The van der Waals surface area contributed by atoms with Crippen molar-refractivity contribution >= 4 is 5.91 Å². The number of amides is 1. The van der Waals surface area contributed by atoms with Gasteiger partial charge in [0.1, 0.15) is 0 Å². The first-order valence-corrected chi connectivity index (χ1v) is 8.40. The van der Waals surface area contributed by atoms with E-state index in [4.69, 9.17) is 0 Å². The quantitative estimate of drug-likeness (QED) is 0.851. The van der Waals surface area contributed by atoms with Crippen molar-refractivity contribution in [2.45, 2.75) is 52.1 Å². The van der Waals surface area contributed by atoms with E-state index in [1.807, 2.05) is 29.0 Å². The third-order valence-electron chi connectivity index (χ3n) is 4.56. The minimum atomic E-state index is 0.261. The summed E-state index contributed by atoms with van der Waals surface area (Å²) < 4.78 is 4.11. The first kappa shape index (κ1) is 15.8. The van der Waals surface area contributed by atoms with Crippen LogP contribution >= 0.6 is 0 Å². The van der Waals surface area contributed by atoms with Crippen LogP contribution in [-0.2, 0) is 11.3 Å². The lowest BCUT2D eigenvalue weighted by Gasteiger charge is -2.33. The summed E-state index contributed by atoms with van der Waals surface area (Å²) in [5.41, 5.74) is 2.20. The molecule has 0 saturated carbocycles. The van der Waals surface area contributed by atoms with Gasteiger partial charge >= 0.3 is 0 Å². The van der Waals surface area contributed by atoms with E-state index < -0.39 is 0 Å². The Bertz CT molecular complexity index is 646. The van der Waals surface area contributed by atoms with Crippen LogP contribution in [0.2, 0.25) is 0 Å². The topological polar surface area (TPSA) is 56.0 Å². The van der Waals surface area contributed by atoms with Crippen molar-refractivity contribution in [3.63, 3.8) is 0 Å². The zero-order valence-electron chi connectivity index (χ0n) is 14.0. The Hall–Kier alpha value is -2.11. The minimum Gasteiger partial charge on any atom is -0.341 e. The molecule has 3 rings (SSSR count). The van der Waals surface area contributed by atoms with E-state index in [2.05, 4.69) is 27.6 Å². The summed E-state index contributed by atoms with van der Waals surface area (Å²) in [4.78, 5) is 18.6. The molecular weight excluding hydrogens is 290 g/mol. The van der Waals surface area contributed by atoms with Crippen LogP contribution in [0.3, 0.4) is 0 Å². The maximum atomic E-state index is 12.5. The van der Waals surface area contributed by atoms with Gasteiger partial charge in [0, 0.05) is 44.1 Å². The van der Waals surface area contributed by atoms with Crippen LogP contribution in [0.5, 0.6) is 0 Å². The zero-order chi connectivity index (χ0) is 16.2. The maximum absolute atomic E-state index is 12.5. The SMILES string of the molecule is Cc1cc(C)n(CCCC(=O)N2CCCC(n3ccnc3)C2)n1. The molecule has 1 unspecified atom stereocenters. The van der Waals surface area contributed by atoms with Gasteiger partial charge in [-0.1, -0.05) is 0 Å². The number of carbonyl (C=O) groups excluding carboxylic acids is 1.